The number of anilines is 2. The number of amides is 3. The molecule has 1 saturated carbocycles. The Morgan fingerprint density at radius 3 is 2.30 bits per heavy atom. The van der Waals surface area contributed by atoms with Gasteiger partial charge >= 0.3 is 11.7 Å². The number of nitrogens with zero attached hydrogens (tertiary/aromatic N) is 6. The number of imidazole rings is 1. The number of likely N-dealkylation sites (tertiary alicyclic amines) is 1. The molecule has 98 heavy (non-hydrogen) atoms. The van der Waals surface area contributed by atoms with Gasteiger partial charge in [-0.05, 0) is 152 Å². The number of esters is 1. The third-order valence-electron chi connectivity index (χ3n) is 20.2. The number of aromatic amines is 1. The fourth-order valence-corrected chi connectivity index (χ4v) is 14.6. The van der Waals surface area contributed by atoms with Crippen LogP contribution in [0.4, 0.5) is 11.6 Å². The minimum absolute atomic E-state index is 0.0311. The molecule has 4 aliphatic heterocycles. The third-order valence-corrected chi connectivity index (χ3v) is 20.2. The van der Waals surface area contributed by atoms with E-state index in [1.807, 2.05) is 39.0 Å². The Bertz CT molecular complexity index is 3330. The average Bonchev–Trinajstić information content (AvgIpc) is 0.792. The number of pyridine rings is 2. The largest absolute Gasteiger partial charge is 0.456 e. The van der Waals surface area contributed by atoms with Crippen LogP contribution in [-0.2, 0) is 68.5 Å². The quantitative estimate of drug-likeness (QED) is 0.0226. The van der Waals surface area contributed by atoms with Gasteiger partial charge in [-0.25, -0.2) is 19.6 Å². The second-order valence-corrected chi connectivity index (χ2v) is 27.7. The first-order chi connectivity index (χ1) is 46.9. The lowest BCUT2D eigenvalue weighted by Gasteiger charge is -2.47. The number of aliphatic hydroxyl groups excluding tert-OH is 2. The van der Waals surface area contributed by atoms with Crippen LogP contribution in [0.2, 0.25) is 0 Å². The third kappa shape index (κ3) is 20.3. The number of rotatable bonds is 23. The number of Topliss-reactive ketones (excluding diaryl/α,β-unsaturated/α-hetero) is 2. The zero-order valence-corrected chi connectivity index (χ0v) is 58.8. The second-order valence-electron chi connectivity index (χ2n) is 27.7. The van der Waals surface area contributed by atoms with Gasteiger partial charge in [-0.3, -0.25) is 33.4 Å². The van der Waals surface area contributed by atoms with Gasteiger partial charge in [-0.1, -0.05) is 57.1 Å². The summed E-state index contributed by atoms with van der Waals surface area (Å²) in [4.78, 5) is 115. The number of ketones is 2. The van der Waals surface area contributed by atoms with Crippen LogP contribution in [0.1, 0.15) is 142 Å². The van der Waals surface area contributed by atoms with Gasteiger partial charge in [0.05, 0.1) is 75.4 Å². The van der Waals surface area contributed by atoms with Crippen molar-refractivity contribution >= 4 is 57.9 Å². The molecule has 7 heterocycles. The molecule has 8 rings (SSSR count). The molecule has 3 aromatic rings. The number of H-pyrrole nitrogens is 1. The Kier molecular flexibility index (Phi) is 28.9. The van der Waals surface area contributed by atoms with Crippen LogP contribution >= 0.6 is 0 Å². The molecule has 26 nitrogen and oxygen atoms in total. The zero-order valence-electron chi connectivity index (χ0n) is 58.8. The summed E-state index contributed by atoms with van der Waals surface area (Å²) >= 11 is 0. The van der Waals surface area contributed by atoms with E-state index in [0.29, 0.717) is 86.2 Å². The second kappa shape index (κ2) is 36.7. The summed E-state index contributed by atoms with van der Waals surface area (Å²) in [5.41, 5.74) is 9.77. The topological polar surface area (TPSA) is 339 Å². The first kappa shape index (κ1) is 77.2. The number of carbonyl (C=O) groups excluding carboxylic acids is 6. The number of nitrogen functional groups attached to an aromatic ring is 1. The molecule has 5 aliphatic rings. The van der Waals surface area contributed by atoms with Crippen molar-refractivity contribution in [3.05, 3.63) is 81.6 Å². The number of piperidine rings is 2. The molecule has 1 aliphatic carbocycles. The van der Waals surface area contributed by atoms with Crippen molar-refractivity contribution in [2.45, 2.75) is 199 Å². The van der Waals surface area contributed by atoms with Crippen molar-refractivity contribution in [3.8, 4) is 0 Å². The maximum absolute atomic E-state index is 14.7. The number of aromatic nitrogens is 4. The summed E-state index contributed by atoms with van der Waals surface area (Å²) < 4.78 is 43.4. The molecule has 4 fully saturated rings. The van der Waals surface area contributed by atoms with E-state index in [9.17, 15) is 48.9 Å². The Morgan fingerprint density at radius 2 is 1.58 bits per heavy atom. The van der Waals surface area contributed by atoms with Crippen LogP contribution < -0.4 is 21.6 Å². The molecular weight excluding hydrogens is 1260 g/mol. The van der Waals surface area contributed by atoms with Gasteiger partial charge in [-0.15, -0.1) is 0 Å². The van der Waals surface area contributed by atoms with Crippen LogP contribution in [0.25, 0.3) is 11.0 Å². The Labute approximate surface area is 575 Å². The number of carbonyl (C=O) groups is 6. The van der Waals surface area contributed by atoms with Gasteiger partial charge in [0.1, 0.15) is 41.2 Å². The number of methoxy groups -OCH3 is 3. The standard InChI is InChI=1S/C72H107N9O17/c1-44-34-45(2)36-59(93-8)66-60(94-9)38-47(4)72(91,98-66)67(87)69(88)79-27-14-11-17-53(79)70(89)97-65(46(3)37-50-19-21-55(82)58(40-50)92-7)49(6)56(83)41-57(84)52(35-44)16-15-18-62(85)74-24-31-96-33-32-95-30-23-63(86)80(29-28-78-25-12-10-13-26-78)61-22-20-51(42-75-61)43-81-54-39-48(5)76-68(73)64(54)77-71(81)90/h15,18,20,22,35,37,39,42,45,47,49-50,52-53,55-56,58-60,65-66,82-83,91H,10-14,16-17,19,21,23-34,36,38,40-41,43H2,1-9H3,(H2,73,76)(H,74,85)(H,77,90)/b18-15+,44-35-,46-37+/t45-,47-,49-,50+,52+,53?,55-,56+,58-,59-,60+,65-,66+,72-/m1/s1. The lowest BCUT2D eigenvalue weighted by atomic mass is 9.81. The maximum Gasteiger partial charge on any atom is 0.329 e. The van der Waals surface area contributed by atoms with Crippen molar-refractivity contribution in [1.29, 1.82) is 0 Å². The number of nitrogens with two attached hydrogens (primary N) is 1. The molecule has 0 spiro atoms. The molecule has 542 valence electrons. The lowest BCUT2D eigenvalue weighted by Crippen LogP contribution is -2.64. The number of aryl methyl sites for hydroxylation is 1. The molecule has 7 N–H and O–H groups in total. The van der Waals surface area contributed by atoms with E-state index in [4.69, 9.17) is 38.9 Å². The van der Waals surface area contributed by atoms with Crippen molar-refractivity contribution in [1.82, 2.24) is 34.6 Å². The number of aliphatic hydroxyl groups is 3. The van der Waals surface area contributed by atoms with Crippen molar-refractivity contribution in [3.63, 3.8) is 0 Å². The lowest BCUT2D eigenvalue weighted by molar-refractivity contribution is -0.302. The molecule has 3 aromatic heterocycles. The van der Waals surface area contributed by atoms with E-state index in [2.05, 4.69) is 25.2 Å². The molecule has 0 aromatic carbocycles. The van der Waals surface area contributed by atoms with E-state index in [0.717, 1.165) is 42.0 Å². The summed E-state index contributed by atoms with van der Waals surface area (Å²) in [5.74, 6) is -8.62. The van der Waals surface area contributed by atoms with Gasteiger partial charge in [0, 0.05) is 83.6 Å². The minimum Gasteiger partial charge on any atom is -0.456 e. The van der Waals surface area contributed by atoms with Crippen molar-refractivity contribution in [2.75, 3.05) is 97.7 Å². The van der Waals surface area contributed by atoms with E-state index in [1.165, 1.54) is 26.7 Å². The van der Waals surface area contributed by atoms with E-state index < -0.39 is 95.9 Å². The SMILES string of the molecule is CO[C@H]1C[C@@H](C)[C@@]2(O)O[C@H]1[C@H](OC)C[C@H](C)C/C(C)=C\[C@H](C/C=C/C(=O)NCCOCCOCCC(=O)N(CCN1CCCCC1)c1ccc(Cn3c(=O)[nH]c4c(N)nc(C)cc43)cn1)C(=O)C[C@H](O)[C@@H](C)[C@@H](/C(C)=C/[C@@H]1CC[C@@H](O)[C@H](OC)C1)OC(=O)C1CCCCN1C(=O)C2=O. The zero-order chi connectivity index (χ0) is 70.8. The molecule has 1 unspecified atom stereocenters. The fraction of sp³-hybridized carbons (Fsp3) is 0.681. The molecule has 3 amide bonds. The highest BCUT2D eigenvalue weighted by Crippen LogP contribution is 2.40. The van der Waals surface area contributed by atoms with E-state index >= 15 is 0 Å². The van der Waals surface area contributed by atoms with Gasteiger partial charge in [0.25, 0.3) is 11.7 Å². The number of nitrogens with one attached hydrogen (secondary N) is 2. The summed E-state index contributed by atoms with van der Waals surface area (Å²) in [7, 11) is 4.54. The first-order valence-electron chi connectivity index (χ1n) is 35.1. The summed E-state index contributed by atoms with van der Waals surface area (Å²) in [5, 5.41) is 37.8. The normalized spacial score (nSPS) is 30.0. The molecule has 14 atom stereocenters. The number of allylic oxidation sites excluding steroid dienone is 4. The molecule has 2 bridgehead atoms. The number of hydrogen-bond donors (Lipinski definition) is 6. The van der Waals surface area contributed by atoms with Gasteiger partial charge in [0.15, 0.2) is 0 Å². The smallest absolute Gasteiger partial charge is 0.329 e. The summed E-state index contributed by atoms with van der Waals surface area (Å²) in [6.07, 6.45) is 9.59. The maximum atomic E-state index is 14.7. The molecular formula is C72H107N9O17. The predicted octanol–water partition coefficient (Wildman–Crippen LogP) is 5.44. The molecule has 0 radical (unpaired) electrons. The minimum atomic E-state index is -2.59. The molecule has 3 saturated heterocycles. The highest BCUT2D eigenvalue weighted by atomic mass is 16.7. The van der Waals surface area contributed by atoms with E-state index in [-0.39, 0.29) is 113 Å². The van der Waals surface area contributed by atoms with Gasteiger partial charge in [0.2, 0.25) is 17.6 Å². The number of hydrogen-bond acceptors (Lipinski definition) is 21. The van der Waals surface area contributed by atoms with Crippen molar-refractivity contribution in [2.24, 2.45) is 29.6 Å². The van der Waals surface area contributed by atoms with Crippen LogP contribution in [0.3, 0.4) is 0 Å². The molecule has 26 heteroatoms. The van der Waals surface area contributed by atoms with Gasteiger partial charge in [-0.2, -0.15) is 0 Å². The van der Waals surface area contributed by atoms with Crippen LogP contribution in [-0.4, -0.2) is 221 Å². The Balaban J connectivity index is 0.888. The number of cyclic esters (lactones) is 1. The van der Waals surface area contributed by atoms with Crippen LogP contribution in [0, 0.1) is 36.5 Å². The number of ether oxygens (including phenoxy) is 7. The summed E-state index contributed by atoms with van der Waals surface area (Å²) in [6.45, 7) is 15.1. The fourth-order valence-electron chi connectivity index (χ4n) is 14.6. The first-order valence-corrected chi connectivity index (χ1v) is 35.1. The van der Waals surface area contributed by atoms with Crippen LogP contribution in [0.5, 0.6) is 0 Å². The summed E-state index contributed by atoms with van der Waals surface area (Å²) in [6, 6.07) is 4.24. The Morgan fingerprint density at radius 1 is 0.867 bits per heavy atom. The average molecular weight is 1370 g/mol. The van der Waals surface area contributed by atoms with Gasteiger partial charge < -0.3 is 74.3 Å². The van der Waals surface area contributed by atoms with E-state index in [1.54, 1.807) is 61.8 Å². The monoisotopic (exact) mass is 1370 g/mol. The highest BCUT2D eigenvalue weighted by Gasteiger charge is 2.57. The predicted molar refractivity (Wildman–Crippen MR) is 366 cm³/mol. The van der Waals surface area contributed by atoms with Crippen molar-refractivity contribution < 1.29 is 77.2 Å². The Hall–Kier alpha value is -6.59. The number of fused-ring (bicyclic) bond motifs is 4. The van der Waals surface area contributed by atoms with Crippen LogP contribution in [0.15, 0.2) is 64.6 Å². The highest BCUT2D eigenvalue weighted by molar-refractivity contribution is 6.39.